The van der Waals surface area contributed by atoms with Crippen LogP contribution in [-0.4, -0.2) is 45.6 Å². The van der Waals surface area contributed by atoms with Gasteiger partial charge in [-0.1, -0.05) is 18.2 Å². The van der Waals surface area contributed by atoms with Crippen LogP contribution in [0.3, 0.4) is 0 Å². The predicted octanol–water partition coefficient (Wildman–Crippen LogP) is 1.41. The fraction of sp³-hybridized carbons (Fsp3) is 0.571. The summed E-state index contributed by atoms with van der Waals surface area (Å²) in [7, 11) is 4.10. The SMILES string of the molecule is CC(NCCOCCO)c1ccccc1N(C)C. The van der Waals surface area contributed by atoms with Crippen LogP contribution in [0.5, 0.6) is 0 Å². The zero-order valence-electron chi connectivity index (χ0n) is 11.5. The molecular formula is C14H24N2O2. The van der Waals surface area contributed by atoms with Gasteiger partial charge >= 0.3 is 0 Å². The molecule has 18 heavy (non-hydrogen) atoms. The third kappa shape index (κ3) is 4.64. The molecule has 0 amide bonds. The second-order valence-electron chi connectivity index (χ2n) is 4.47. The Labute approximate surface area is 110 Å². The van der Waals surface area contributed by atoms with E-state index in [0.29, 0.717) is 13.2 Å². The lowest BCUT2D eigenvalue weighted by Gasteiger charge is -2.22. The third-order valence-corrected chi connectivity index (χ3v) is 2.82. The molecule has 0 saturated carbocycles. The lowest BCUT2D eigenvalue weighted by Crippen LogP contribution is -2.25. The first-order valence-corrected chi connectivity index (χ1v) is 6.35. The van der Waals surface area contributed by atoms with E-state index in [4.69, 9.17) is 9.84 Å². The molecule has 2 N–H and O–H groups in total. The standard InChI is InChI=1S/C14H24N2O2/c1-12(15-8-10-18-11-9-17)13-6-4-5-7-14(13)16(2)3/h4-7,12,15,17H,8-11H2,1-3H3. The highest BCUT2D eigenvalue weighted by Crippen LogP contribution is 2.24. The molecule has 1 unspecified atom stereocenters. The molecule has 0 aliphatic carbocycles. The lowest BCUT2D eigenvalue weighted by atomic mass is 10.1. The van der Waals surface area contributed by atoms with E-state index in [0.717, 1.165) is 6.54 Å². The number of para-hydroxylation sites is 1. The second kappa shape index (κ2) is 8.08. The largest absolute Gasteiger partial charge is 0.394 e. The second-order valence-corrected chi connectivity index (χ2v) is 4.47. The smallest absolute Gasteiger partial charge is 0.0698 e. The van der Waals surface area contributed by atoms with Gasteiger partial charge in [0, 0.05) is 32.4 Å². The van der Waals surface area contributed by atoms with Gasteiger partial charge in [-0.15, -0.1) is 0 Å². The van der Waals surface area contributed by atoms with Gasteiger partial charge in [0.05, 0.1) is 19.8 Å². The monoisotopic (exact) mass is 252 g/mol. The number of aliphatic hydroxyl groups is 1. The summed E-state index contributed by atoms with van der Waals surface area (Å²) >= 11 is 0. The summed E-state index contributed by atoms with van der Waals surface area (Å²) in [4.78, 5) is 2.12. The molecular weight excluding hydrogens is 228 g/mol. The van der Waals surface area contributed by atoms with Crippen molar-refractivity contribution in [2.45, 2.75) is 13.0 Å². The van der Waals surface area contributed by atoms with Crippen molar-refractivity contribution >= 4 is 5.69 Å². The highest BCUT2D eigenvalue weighted by atomic mass is 16.5. The van der Waals surface area contributed by atoms with Crippen LogP contribution in [0.4, 0.5) is 5.69 Å². The van der Waals surface area contributed by atoms with Crippen LogP contribution >= 0.6 is 0 Å². The molecule has 0 aliphatic heterocycles. The summed E-state index contributed by atoms with van der Waals surface area (Å²) in [6.07, 6.45) is 0. The fourth-order valence-corrected chi connectivity index (χ4v) is 1.89. The Bertz CT molecular complexity index is 342. The van der Waals surface area contributed by atoms with Crippen molar-refractivity contribution in [3.63, 3.8) is 0 Å². The number of nitrogens with zero attached hydrogens (tertiary/aromatic N) is 1. The van der Waals surface area contributed by atoms with Gasteiger partial charge in [-0.2, -0.15) is 0 Å². The number of hydrogen-bond donors (Lipinski definition) is 2. The van der Waals surface area contributed by atoms with Crippen LogP contribution in [0.25, 0.3) is 0 Å². The molecule has 0 aromatic heterocycles. The van der Waals surface area contributed by atoms with Gasteiger partial charge in [0.1, 0.15) is 0 Å². The van der Waals surface area contributed by atoms with E-state index in [2.05, 4.69) is 55.5 Å². The van der Waals surface area contributed by atoms with E-state index in [9.17, 15) is 0 Å². The van der Waals surface area contributed by atoms with Crippen molar-refractivity contribution in [2.75, 3.05) is 45.4 Å². The Hall–Kier alpha value is -1.10. The van der Waals surface area contributed by atoms with Crippen LogP contribution in [0.15, 0.2) is 24.3 Å². The maximum absolute atomic E-state index is 8.60. The number of nitrogens with one attached hydrogen (secondary N) is 1. The van der Waals surface area contributed by atoms with Gasteiger partial charge in [0.25, 0.3) is 0 Å². The number of rotatable bonds is 8. The van der Waals surface area contributed by atoms with Crippen LogP contribution < -0.4 is 10.2 Å². The molecule has 4 heteroatoms. The van der Waals surface area contributed by atoms with Gasteiger partial charge in [-0.3, -0.25) is 0 Å². The van der Waals surface area contributed by atoms with E-state index in [1.54, 1.807) is 0 Å². The first kappa shape index (κ1) is 15.0. The first-order valence-electron chi connectivity index (χ1n) is 6.35. The maximum Gasteiger partial charge on any atom is 0.0698 e. The minimum atomic E-state index is 0.0824. The Kier molecular flexibility index (Phi) is 6.72. The average molecular weight is 252 g/mol. The molecule has 0 aliphatic rings. The van der Waals surface area contributed by atoms with E-state index in [1.807, 2.05) is 0 Å². The Morgan fingerprint density at radius 2 is 2.00 bits per heavy atom. The molecule has 4 nitrogen and oxygen atoms in total. The number of benzene rings is 1. The van der Waals surface area contributed by atoms with Crippen molar-refractivity contribution in [3.05, 3.63) is 29.8 Å². The summed E-state index contributed by atoms with van der Waals surface area (Å²) < 4.78 is 5.22. The molecule has 0 saturated heterocycles. The highest BCUT2D eigenvalue weighted by molar-refractivity contribution is 5.53. The zero-order valence-corrected chi connectivity index (χ0v) is 11.5. The quantitative estimate of drug-likeness (QED) is 0.687. The normalized spacial score (nSPS) is 12.4. The summed E-state index contributed by atoms with van der Waals surface area (Å²) in [6, 6.07) is 8.65. The molecule has 102 valence electrons. The Morgan fingerprint density at radius 1 is 1.28 bits per heavy atom. The highest BCUT2D eigenvalue weighted by Gasteiger charge is 2.10. The van der Waals surface area contributed by atoms with Gasteiger partial charge in [0.2, 0.25) is 0 Å². The Morgan fingerprint density at radius 3 is 2.67 bits per heavy atom. The van der Waals surface area contributed by atoms with Crippen LogP contribution in [0.1, 0.15) is 18.5 Å². The number of ether oxygens (including phenoxy) is 1. The van der Waals surface area contributed by atoms with Gasteiger partial charge in [0.15, 0.2) is 0 Å². The fourth-order valence-electron chi connectivity index (χ4n) is 1.89. The number of anilines is 1. The lowest BCUT2D eigenvalue weighted by molar-refractivity contribution is 0.0928. The first-order chi connectivity index (χ1) is 8.66. The molecule has 0 heterocycles. The van der Waals surface area contributed by atoms with Crippen molar-refractivity contribution < 1.29 is 9.84 Å². The molecule has 1 aromatic carbocycles. The molecule has 1 atom stereocenters. The van der Waals surface area contributed by atoms with Crippen molar-refractivity contribution in [1.29, 1.82) is 0 Å². The van der Waals surface area contributed by atoms with Gasteiger partial charge in [-0.25, -0.2) is 0 Å². The predicted molar refractivity (Wildman–Crippen MR) is 75.1 cm³/mol. The molecule has 0 bridgehead atoms. The van der Waals surface area contributed by atoms with Crippen LogP contribution in [-0.2, 0) is 4.74 Å². The summed E-state index contributed by atoms with van der Waals surface area (Å²) in [5.74, 6) is 0. The summed E-state index contributed by atoms with van der Waals surface area (Å²) in [6.45, 7) is 4.04. The van der Waals surface area contributed by atoms with Crippen molar-refractivity contribution in [1.82, 2.24) is 5.32 Å². The van der Waals surface area contributed by atoms with E-state index < -0.39 is 0 Å². The van der Waals surface area contributed by atoms with Gasteiger partial charge in [-0.05, 0) is 18.6 Å². The molecule has 0 fully saturated rings. The molecule has 1 rings (SSSR count). The number of aliphatic hydroxyl groups excluding tert-OH is 1. The van der Waals surface area contributed by atoms with Crippen molar-refractivity contribution in [2.24, 2.45) is 0 Å². The van der Waals surface area contributed by atoms with E-state index >= 15 is 0 Å². The van der Waals surface area contributed by atoms with Crippen LogP contribution in [0, 0.1) is 0 Å². The zero-order chi connectivity index (χ0) is 13.4. The van der Waals surface area contributed by atoms with E-state index in [-0.39, 0.29) is 12.6 Å². The minimum Gasteiger partial charge on any atom is -0.394 e. The topological polar surface area (TPSA) is 44.7 Å². The average Bonchev–Trinajstić information content (AvgIpc) is 2.38. The molecule has 0 spiro atoms. The summed E-state index contributed by atoms with van der Waals surface area (Å²) in [5.41, 5.74) is 2.51. The molecule has 0 radical (unpaired) electrons. The van der Waals surface area contributed by atoms with Crippen LogP contribution in [0.2, 0.25) is 0 Å². The van der Waals surface area contributed by atoms with Gasteiger partial charge < -0.3 is 20.1 Å². The van der Waals surface area contributed by atoms with Crippen molar-refractivity contribution in [3.8, 4) is 0 Å². The summed E-state index contributed by atoms with van der Waals surface area (Å²) in [5, 5.41) is 12.0. The molecule has 1 aromatic rings. The number of hydrogen-bond acceptors (Lipinski definition) is 4. The Balaban J connectivity index is 2.48. The third-order valence-electron chi connectivity index (χ3n) is 2.82. The minimum absolute atomic E-state index is 0.0824. The van der Waals surface area contributed by atoms with E-state index in [1.165, 1.54) is 11.3 Å². The maximum atomic E-state index is 8.60.